The Hall–Kier alpha value is -3.56. The molecular formula is C27H27BrClN3O5. The van der Waals surface area contributed by atoms with Crippen LogP contribution in [-0.2, 0) is 22.6 Å². The van der Waals surface area contributed by atoms with Gasteiger partial charge in [0.2, 0.25) is 5.91 Å². The van der Waals surface area contributed by atoms with E-state index in [0.29, 0.717) is 32.3 Å². The molecule has 0 aromatic heterocycles. The Labute approximate surface area is 229 Å². The fraction of sp³-hybridized carbons (Fsp3) is 0.222. The van der Waals surface area contributed by atoms with E-state index in [1.54, 1.807) is 56.5 Å². The second-order valence-electron chi connectivity index (χ2n) is 7.96. The van der Waals surface area contributed by atoms with Crippen LogP contribution in [0.1, 0.15) is 23.6 Å². The van der Waals surface area contributed by atoms with Crippen LogP contribution >= 0.6 is 27.5 Å². The van der Waals surface area contributed by atoms with Gasteiger partial charge in [0.25, 0.3) is 5.91 Å². The fourth-order valence-electron chi connectivity index (χ4n) is 3.27. The van der Waals surface area contributed by atoms with Crippen LogP contribution in [0.3, 0.4) is 0 Å². The molecule has 2 N–H and O–H groups in total. The number of halogens is 2. The predicted octanol–water partition coefficient (Wildman–Crippen LogP) is 4.90. The highest BCUT2D eigenvalue weighted by molar-refractivity contribution is 9.10. The number of ether oxygens (including phenoxy) is 3. The molecule has 0 aliphatic heterocycles. The van der Waals surface area contributed by atoms with Crippen molar-refractivity contribution in [2.24, 2.45) is 5.10 Å². The number of nitrogens with zero attached hydrogens (tertiary/aromatic N) is 1. The molecule has 0 radical (unpaired) electrons. The highest BCUT2D eigenvalue weighted by atomic mass is 79.9. The number of carbonyl (C=O) groups excluding carboxylic acids is 2. The first-order valence-electron chi connectivity index (χ1n) is 11.3. The van der Waals surface area contributed by atoms with Crippen LogP contribution in [0.2, 0.25) is 5.02 Å². The van der Waals surface area contributed by atoms with Crippen LogP contribution in [0.25, 0.3) is 0 Å². The average molecular weight is 589 g/mol. The van der Waals surface area contributed by atoms with Crippen molar-refractivity contribution in [3.63, 3.8) is 0 Å². The molecule has 0 bridgehead atoms. The smallest absolute Gasteiger partial charge is 0.262 e. The van der Waals surface area contributed by atoms with Gasteiger partial charge in [-0.1, -0.05) is 41.9 Å². The first-order valence-corrected chi connectivity index (χ1v) is 12.5. The molecule has 1 atom stereocenters. The second kappa shape index (κ2) is 13.7. The topological polar surface area (TPSA) is 98.2 Å². The molecule has 0 spiro atoms. The third kappa shape index (κ3) is 8.23. The monoisotopic (exact) mass is 587 g/mol. The molecule has 0 aliphatic rings. The Bertz CT molecular complexity index is 1270. The third-order valence-electron chi connectivity index (χ3n) is 5.26. The Morgan fingerprint density at radius 2 is 1.81 bits per heavy atom. The van der Waals surface area contributed by atoms with Gasteiger partial charge >= 0.3 is 0 Å². The summed E-state index contributed by atoms with van der Waals surface area (Å²) in [6.45, 7) is 1.85. The first-order chi connectivity index (χ1) is 17.8. The van der Waals surface area contributed by atoms with E-state index in [2.05, 4.69) is 31.8 Å². The van der Waals surface area contributed by atoms with Gasteiger partial charge in [0.05, 0.1) is 31.3 Å². The molecule has 0 saturated carbocycles. The van der Waals surface area contributed by atoms with Gasteiger partial charge in [-0.15, -0.1) is 0 Å². The molecule has 0 saturated heterocycles. The maximum Gasteiger partial charge on any atom is 0.262 e. The Morgan fingerprint density at radius 3 is 2.49 bits per heavy atom. The molecule has 1 unspecified atom stereocenters. The van der Waals surface area contributed by atoms with Crippen molar-refractivity contribution in [1.29, 1.82) is 0 Å². The quantitative estimate of drug-likeness (QED) is 0.245. The molecular weight excluding hydrogens is 562 g/mol. The van der Waals surface area contributed by atoms with Crippen LogP contribution < -0.4 is 25.0 Å². The van der Waals surface area contributed by atoms with Gasteiger partial charge in [0.15, 0.2) is 11.5 Å². The van der Waals surface area contributed by atoms with E-state index in [0.717, 1.165) is 11.1 Å². The predicted molar refractivity (Wildman–Crippen MR) is 147 cm³/mol. The van der Waals surface area contributed by atoms with Gasteiger partial charge in [-0.05, 0) is 64.3 Å². The standard InChI is InChI=1S/C27H27BrClN3O5/c1-17(31-25(33)14-18-8-10-21(35-2)11-9-18)27(34)32-30-15-19-12-22(28)26(24(13-19)36-3)37-16-20-6-4-5-7-23(20)29/h4-13,15,17H,14,16H2,1-3H3,(H,31,33)(H,32,34). The SMILES string of the molecule is COc1ccc(CC(=O)NC(C)C(=O)NN=Cc2cc(Br)c(OCc3ccccc3Cl)c(OC)c2)cc1. The lowest BCUT2D eigenvalue weighted by atomic mass is 10.1. The van der Waals surface area contributed by atoms with E-state index in [1.807, 2.05) is 18.2 Å². The molecule has 0 aliphatic carbocycles. The number of hydrogen-bond acceptors (Lipinski definition) is 6. The Balaban J connectivity index is 1.55. The Morgan fingerprint density at radius 1 is 1.08 bits per heavy atom. The van der Waals surface area contributed by atoms with E-state index in [4.69, 9.17) is 25.8 Å². The van der Waals surface area contributed by atoms with E-state index in [1.165, 1.54) is 13.3 Å². The largest absolute Gasteiger partial charge is 0.497 e. The minimum absolute atomic E-state index is 0.142. The highest BCUT2D eigenvalue weighted by Gasteiger charge is 2.16. The van der Waals surface area contributed by atoms with E-state index in [9.17, 15) is 9.59 Å². The van der Waals surface area contributed by atoms with Crippen LogP contribution in [0.5, 0.6) is 17.2 Å². The number of amides is 2. The Kier molecular flexibility index (Phi) is 10.3. The molecule has 0 heterocycles. The maximum atomic E-state index is 12.4. The fourth-order valence-corrected chi connectivity index (χ4v) is 4.04. The summed E-state index contributed by atoms with van der Waals surface area (Å²) in [7, 11) is 3.11. The van der Waals surface area contributed by atoms with Crippen molar-refractivity contribution >= 4 is 45.6 Å². The van der Waals surface area contributed by atoms with Crippen molar-refractivity contribution in [3.05, 3.63) is 86.8 Å². The van der Waals surface area contributed by atoms with Crippen LogP contribution in [-0.4, -0.2) is 38.3 Å². The summed E-state index contributed by atoms with van der Waals surface area (Å²) >= 11 is 9.70. The summed E-state index contributed by atoms with van der Waals surface area (Å²) in [4.78, 5) is 24.7. The van der Waals surface area contributed by atoms with Crippen LogP contribution in [0, 0.1) is 0 Å². The van der Waals surface area contributed by atoms with Crippen molar-refractivity contribution in [2.45, 2.75) is 26.0 Å². The second-order valence-corrected chi connectivity index (χ2v) is 9.22. The molecule has 3 rings (SSSR count). The molecule has 10 heteroatoms. The van der Waals surface area contributed by atoms with Gasteiger partial charge in [-0.3, -0.25) is 9.59 Å². The van der Waals surface area contributed by atoms with Crippen LogP contribution in [0.15, 0.2) is 70.2 Å². The van der Waals surface area contributed by atoms with Crippen molar-refractivity contribution < 1.29 is 23.8 Å². The number of methoxy groups -OCH3 is 2. The summed E-state index contributed by atoms with van der Waals surface area (Å²) in [5.74, 6) is 0.965. The molecule has 0 fully saturated rings. The summed E-state index contributed by atoms with van der Waals surface area (Å²) < 4.78 is 17.1. The number of hydrogen-bond donors (Lipinski definition) is 2. The highest BCUT2D eigenvalue weighted by Crippen LogP contribution is 2.37. The third-order valence-corrected chi connectivity index (χ3v) is 6.22. The van der Waals surface area contributed by atoms with E-state index < -0.39 is 11.9 Å². The molecule has 37 heavy (non-hydrogen) atoms. The average Bonchev–Trinajstić information content (AvgIpc) is 2.89. The van der Waals surface area contributed by atoms with Gasteiger partial charge in [-0.2, -0.15) is 5.10 Å². The molecule has 2 amide bonds. The molecule has 3 aromatic carbocycles. The van der Waals surface area contributed by atoms with Crippen molar-refractivity contribution in [3.8, 4) is 17.2 Å². The lowest BCUT2D eigenvalue weighted by Gasteiger charge is -2.14. The van der Waals surface area contributed by atoms with E-state index >= 15 is 0 Å². The number of nitrogens with one attached hydrogen (secondary N) is 2. The number of carbonyl (C=O) groups is 2. The van der Waals surface area contributed by atoms with Crippen LogP contribution in [0.4, 0.5) is 0 Å². The van der Waals surface area contributed by atoms with Gasteiger partial charge in [0.1, 0.15) is 18.4 Å². The zero-order valence-corrected chi connectivity index (χ0v) is 22.9. The summed E-state index contributed by atoms with van der Waals surface area (Å²) in [5.41, 5.74) is 4.75. The summed E-state index contributed by atoms with van der Waals surface area (Å²) in [6, 6.07) is 17.3. The lowest BCUT2D eigenvalue weighted by Crippen LogP contribution is -2.43. The van der Waals surface area contributed by atoms with Crippen molar-refractivity contribution in [1.82, 2.24) is 10.7 Å². The summed E-state index contributed by atoms with van der Waals surface area (Å²) in [5, 5.41) is 7.28. The number of hydrazone groups is 1. The molecule has 8 nitrogen and oxygen atoms in total. The number of benzene rings is 3. The minimum Gasteiger partial charge on any atom is -0.497 e. The van der Waals surface area contributed by atoms with E-state index in [-0.39, 0.29) is 18.9 Å². The van der Waals surface area contributed by atoms with Gasteiger partial charge in [-0.25, -0.2) is 5.43 Å². The molecule has 194 valence electrons. The lowest BCUT2D eigenvalue weighted by molar-refractivity contribution is -0.128. The zero-order valence-electron chi connectivity index (χ0n) is 20.6. The first kappa shape index (κ1) is 28.0. The minimum atomic E-state index is -0.773. The van der Waals surface area contributed by atoms with Gasteiger partial charge < -0.3 is 19.5 Å². The normalized spacial score (nSPS) is 11.6. The number of rotatable bonds is 11. The van der Waals surface area contributed by atoms with Gasteiger partial charge in [0, 0.05) is 10.6 Å². The summed E-state index contributed by atoms with van der Waals surface area (Å²) in [6.07, 6.45) is 1.61. The zero-order chi connectivity index (χ0) is 26.8. The maximum absolute atomic E-state index is 12.4. The van der Waals surface area contributed by atoms with Crippen molar-refractivity contribution in [2.75, 3.05) is 14.2 Å². The molecule has 3 aromatic rings.